The van der Waals surface area contributed by atoms with Gasteiger partial charge in [-0.05, 0) is 61.5 Å². The molecule has 0 saturated carbocycles. The van der Waals surface area contributed by atoms with Gasteiger partial charge in [-0.2, -0.15) is 0 Å². The maximum Gasteiger partial charge on any atom is 2.00 e. The summed E-state index contributed by atoms with van der Waals surface area (Å²) in [5.74, 6) is 0.0248. The number of para-hydroxylation sites is 2. The van der Waals surface area contributed by atoms with Gasteiger partial charge in [0.25, 0.3) is 0 Å². The number of nitrogens with zero attached hydrogens (tertiary/aromatic N) is 4. The normalized spacial score (nSPS) is 12.4. The van der Waals surface area contributed by atoms with E-state index in [1.54, 1.807) is 23.9 Å². The topological polar surface area (TPSA) is 65.3 Å². The molecule has 2 aliphatic rings. The van der Waals surface area contributed by atoms with Crippen molar-refractivity contribution >= 4 is 71.7 Å². The molecule has 2 aliphatic heterocycles. The number of aliphatic imine (C=N–C) groups is 2. The van der Waals surface area contributed by atoms with Crippen molar-refractivity contribution in [1.82, 2.24) is 0 Å². The Balaban J connectivity index is 0.000000228. The summed E-state index contributed by atoms with van der Waals surface area (Å²) in [6.07, 6.45) is 2.41. The molecule has 70 heavy (non-hydrogen) atoms. The van der Waals surface area contributed by atoms with Crippen molar-refractivity contribution in [2.45, 2.75) is 0 Å². The van der Waals surface area contributed by atoms with Crippen LogP contribution in [-0.4, -0.2) is 62.7 Å². The third-order valence-electron chi connectivity index (χ3n) is 11.4. The number of likely N-dealkylation sites (N-methyl/N-ethyl adjacent to an activating group) is 2. The van der Waals surface area contributed by atoms with Crippen molar-refractivity contribution in [3.05, 3.63) is 253 Å². The molecule has 0 saturated heterocycles. The molecule has 0 aliphatic carbocycles. The van der Waals surface area contributed by atoms with Crippen LogP contribution in [0.3, 0.4) is 0 Å². The second-order valence-electron chi connectivity index (χ2n) is 15.6. The largest absolute Gasteiger partial charge is 2.00 e. The Bertz CT molecular complexity index is 2630. The van der Waals surface area contributed by atoms with Crippen molar-refractivity contribution in [2.75, 3.05) is 49.3 Å². The van der Waals surface area contributed by atoms with E-state index < -0.39 is 0 Å². The first kappa shape index (κ1) is 57.4. The molecule has 0 bridgehead atoms. The Morgan fingerprint density at radius 2 is 0.614 bits per heavy atom. The first-order valence-corrected chi connectivity index (χ1v) is 25.2. The fraction of sp³-hybridized carbons (Fsp3) is 0.103. The van der Waals surface area contributed by atoms with Crippen LogP contribution in [0.1, 0.15) is 22.3 Å². The van der Waals surface area contributed by atoms with Gasteiger partial charge in [0.05, 0.1) is 22.8 Å². The molecule has 2 amide bonds. The first-order valence-electron chi connectivity index (χ1n) is 22.1. The zero-order valence-corrected chi connectivity index (χ0v) is 45.1. The molecule has 0 aromatic heterocycles. The van der Waals surface area contributed by atoms with Crippen molar-refractivity contribution in [2.24, 2.45) is 9.98 Å². The predicted octanol–water partition coefficient (Wildman–Crippen LogP) is 4.26. The van der Waals surface area contributed by atoms with Crippen LogP contribution in [0.5, 0.6) is 0 Å². The summed E-state index contributed by atoms with van der Waals surface area (Å²) < 4.78 is 0. The Morgan fingerprint density at radius 3 is 0.900 bits per heavy atom. The second-order valence-corrected chi connectivity index (χ2v) is 20.3. The molecule has 8 aromatic carbocycles. The molecule has 0 spiro atoms. The second kappa shape index (κ2) is 29.2. The van der Waals surface area contributed by atoms with Gasteiger partial charge in [0, 0.05) is 36.3 Å². The minimum Gasteiger partial charge on any atom is -1.00 e. The van der Waals surface area contributed by atoms with Gasteiger partial charge in [-0.3, -0.25) is 19.6 Å². The molecule has 0 radical (unpaired) electrons. The minimum atomic E-state index is -0.348. The van der Waals surface area contributed by atoms with E-state index in [0.29, 0.717) is 0 Å². The molecule has 0 unspecified atom stereocenters. The Kier molecular flexibility index (Phi) is 24.0. The van der Waals surface area contributed by atoms with Crippen molar-refractivity contribution < 1.29 is 75.2 Å². The Hall–Kier alpha value is -5.20. The summed E-state index contributed by atoms with van der Waals surface area (Å²) in [4.78, 5) is 36.3. The number of carbonyl (C=O) groups is 2. The monoisotopic (exact) mass is 1180 g/mol. The molecule has 10 rings (SSSR count). The van der Waals surface area contributed by atoms with Crippen LogP contribution in [0.4, 0.5) is 11.4 Å². The quantitative estimate of drug-likeness (QED) is 0.161. The molecule has 0 N–H and O–H groups in total. The number of halogens is 2. The molecule has 0 atom stereocenters. The van der Waals surface area contributed by atoms with Crippen molar-refractivity contribution in [3.8, 4) is 0 Å². The number of benzene rings is 8. The summed E-state index contributed by atoms with van der Waals surface area (Å²) in [6, 6.07) is 79.9. The number of carbonyl (C=O) groups excluding carboxylic acids is 2. The standard InChI is InChI=1S/C26H24P2.2C16H14N2O.2ClH.2Pd/c1-5-13-23(14-6-1)27(24-15-7-2-8-16-24)21-22-28(25-17-9-3-10-18-25)26-19-11-4-12-20-26;2*1-18-14-10-6-5-9-13(14)16(17-11-15(18)19)12-7-3-2-4-8-12;;;;/h1-20H,21-22H2;2*2-10H,11H2,1H3;2*1H;;/q;;;;;2*+2/p-2. The fourth-order valence-electron chi connectivity index (χ4n) is 8.01. The number of fused-ring (bicyclic) bond motifs is 2. The number of rotatable bonds is 9. The molecule has 358 valence electrons. The van der Waals surface area contributed by atoms with Gasteiger partial charge in [0.2, 0.25) is 11.8 Å². The zero-order chi connectivity index (χ0) is 45.5. The van der Waals surface area contributed by atoms with Crippen molar-refractivity contribution in [3.63, 3.8) is 0 Å². The van der Waals surface area contributed by atoms with Gasteiger partial charge in [-0.15, -0.1) is 0 Å². The Labute approximate surface area is 455 Å². The third-order valence-corrected chi connectivity index (χ3v) is 16.8. The third kappa shape index (κ3) is 14.7. The van der Waals surface area contributed by atoms with E-state index in [0.717, 1.165) is 45.1 Å². The van der Waals surface area contributed by atoms with Crippen LogP contribution in [0.25, 0.3) is 0 Å². The average Bonchev–Trinajstić information content (AvgIpc) is 3.60. The molecule has 8 aromatic rings. The predicted molar refractivity (Wildman–Crippen MR) is 281 cm³/mol. The van der Waals surface area contributed by atoms with Crippen molar-refractivity contribution in [1.29, 1.82) is 0 Å². The van der Waals surface area contributed by atoms with Gasteiger partial charge in [-0.1, -0.05) is 218 Å². The fourth-order valence-corrected chi connectivity index (χ4v) is 13.4. The van der Waals surface area contributed by atoms with E-state index in [4.69, 9.17) is 0 Å². The Morgan fingerprint density at radius 1 is 0.371 bits per heavy atom. The van der Waals surface area contributed by atoms with E-state index in [-0.39, 0.29) is 106 Å². The first-order chi connectivity index (χ1) is 32.5. The molecular formula is C58H52Cl2N4O2P2Pd2+2. The average molecular weight is 1180 g/mol. The van der Waals surface area contributed by atoms with Gasteiger partial charge >= 0.3 is 40.8 Å². The molecular weight excluding hydrogens is 1130 g/mol. The maximum atomic E-state index is 12.0. The molecule has 0 fully saturated rings. The van der Waals surface area contributed by atoms with Gasteiger partial charge < -0.3 is 34.6 Å². The van der Waals surface area contributed by atoms with Crippen LogP contribution < -0.4 is 55.8 Å². The number of anilines is 2. The molecule has 2 heterocycles. The number of amides is 2. The van der Waals surface area contributed by atoms with Gasteiger partial charge in [0.15, 0.2) is 0 Å². The summed E-state index contributed by atoms with van der Waals surface area (Å²) in [5, 5.41) is 5.89. The van der Waals surface area contributed by atoms with Crippen LogP contribution in [0.2, 0.25) is 0 Å². The zero-order valence-electron chi connectivity index (χ0n) is 38.7. The smallest absolute Gasteiger partial charge is 1.00 e. The van der Waals surface area contributed by atoms with Crippen LogP contribution in [0.15, 0.2) is 241 Å². The van der Waals surface area contributed by atoms with E-state index in [9.17, 15) is 9.59 Å². The number of hydrogen-bond acceptors (Lipinski definition) is 4. The van der Waals surface area contributed by atoms with Gasteiger partial charge in [0.1, 0.15) is 13.1 Å². The van der Waals surface area contributed by atoms with Crippen LogP contribution in [0, 0.1) is 0 Å². The van der Waals surface area contributed by atoms with Gasteiger partial charge in [-0.25, -0.2) is 0 Å². The summed E-state index contributed by atoms with van der Waals surface area (Å²) >= 11 is 0. The number of hydrogen-bond donors (Lipinski definition) is 0. The SMILES string of the molecule is CN1C(=O)CN=C(c2ccccc2)c2ccccc21.CN1C(=O)CN=C(c2ccccc2)c2ccccc21.[Cl-].[Cl-].[Pd+2].[Pd+2].c1ccc(P(CCP(c2ccccc2)c2ccccc2)c2ccccc2)cc1. The van der Waals surface area contributed by atoms with Crippen LogP contribution in [-0.2, 0) is 50.4 Å². The van der Waals surface area contributed by atoms with E-state index in [1.807, 2.05) is 109 Å². The van der Waals surface area contributed by atoms with E-state index in [1.165, 1.54) is 33.5 Å². The minimum absolute atomic E-state index is 0. The summed E-state index contributed by atoms with van der Waals surface area (Å²) in [7, 11) is 2.90. The summed E-state index contributed by atoms with van der Waals surface area (Å²) in [5.41, 5.74) is 7.67. The number of benzodiazepines with no additional fused rings is 2. The molecule has 6 nitrogen and oxygen atoms in total. The van der Waals surface area contributed by atoms with E-state index in [2.05, 4.69) is 131 Å². The van der Waals surface area contributed by atoms with Crippen LogP contribution >= 0.6 is 15.8 Å². The maximum absolute atomic E-state index is 12.0. The molecule has 12 heteroatoms. The van der Waals surface area contributed by atoms with E-state index >= 15 is 0 Å². The summed E-state index contributed by atoms with van der Waals surface area (Å²) in [6.45, 7) is 0.380.